The fraction of sp³-hybridized carbons (Fsp3) is 0.115. The summed E-state index contributed by atoms with van der Waals surface area (Å²) in [5.74, 6) is 0.845. The number of anilines is 1. The molecule has 2 atom stereocenters. The predicted octanol–water partition coefficient (Wildman–Crippen LogP) is 10.1. The van der Waals surface area contributed by atoms with Gasteiger partial charge >= 0.3 is 0 Å². The molecule has 3 heteroatoms. The third-order valence-electron chi connectivity index (χ3n) is 12.0. The first-order valence-corrected chi connectivity index (χ1v) is 19.6. The van der Waals surface area contributed by atoms with Crippen molar-refractivity contribution in [2.24, 2.45) is 11.8 Å². The molecule has 0 aliphatic heterocycles. The standard InChI is InChI=1S/C52H40N2O/c1-3-12-35(13-4-1)39-25-30-51-46(33-39)47-34-42(28-31-52(47)55-51)53(48-21-11-15-37-14-7-8-18-43(37)48)41-26-22-36(23-27-41)38-24-29-50-45(32-38)44-19-9-10-20-49(44)54(50)40-16-5-2-6-17-40/h1-10,12-20,22,25-34,36,38H,11,21,23-24H2. The first kappa shape index (κ1) is 31.9. The van der Waals surface area contributed by atoms with Crippen molar-refractivity contribution in [1.82, 2.24) is 4.57 Å². The monoisotopic (exact) mass is 708 g/mol. The maximum absolute atomic E-state index is 6.42. The molecule has 0 amide bonds. The molecule has 3 aliphatic carbocycles. The molecule has 3 nitrogen and oxygen atoms in total. The van der Waals surface area contributed by atoms with Crippen LogP contribution in [0.5, 0.6) is 0 Å². The van der Waals surface area contributed by atoms with Gasteiger partial charge in [0.2, 0.25) is 0 Å². The van der Waals surface area contributed by atoms with E-state index in [1.807, 2.05) is 0 Å². The fourth-order valence-electron chi connectivity index (χ4n) is 9.30. The van der Waals surface area contributed by atoms with Crippen LogP contribution in [0.1, 0.15) is 25.7 Å². The van der Waals surface area contributed by atoms with E-state index in [0.29, 0.717) is 11.8 Å². The molecule has 6 aromatic carbocycles. The van der Waals surface area contributed by atoms with Gasteiger partial charge in [0.1, 0.15) is 11.2 Å². The minimum absolute atomic E-state index is 0.419. The SMILES string of the molecule is C1=CC(C2C=c3c(n(-c4ccccc4)c4ccccc34)=CC2)CC=C1N(C1=c2ccccc2=CCC1)c1ccc2oc3ccc(-c4ccccc4)cc3c2c1. The number of rotatable bonds is 6. The molecule has 55 heavy (non-hydrogen) atoms. The number of para-hydroxylation sites is 2. The lowest BCUT2D eigenvalue weighted by Crippen LogP contribution is -2.36. The van der Waals surface area contributed by atoms with Crippen LogP contribution in [-0.2, 0) is 0 Å². The zero-order valence-corrected chi connectivity index (χ0v) is 30.6. The molecule has 264 valence electrons. The van der Waals surface area contributed by atoms with Crippen molar-refractivity contribution < 1.29 is 4.42 Å². The minimum Gasteiger partial charge on any atom is -0.456 e. The second-order valence-corrected chi connectivity index (χ2v) is 15.1. The zero-order valence-electron chi connectivity index (χ0n) is 30.6. The van der Waals surface area contributed by atoms with Gasteiger partial charge in [-0.25, -0.2) is 0 Å². The highest BCUT2D eigenvalue weighted by molar-refractivity contribution is 6.08. The van der Waals surface area contributed by atoms with Crippen LogP contribution in [0.2, 0.25) is 0 Å². The van der Waals surface area contributed by atoms with Crippen LogP contribution >= 0.6 is 0 Å². The number of benzene rings is 6. The van der Waals surface area contributed by atoms with Gasteiger partial charge in [0.05, 0.1) is 5.52 Å². The number of nitrogens with zero attached hydrogens (tertiary/aromatic N) is 2. The Kier molecular flexibility index (Phi) is 7.58. The third kappa shape index (κ3) is 5.41. The number of fused-ring (bicyclic) bond motifs is 7. The van der Waals surface area contributed by atoms with Gasteiger partial charge in [-0.15, -0.1) is 0 Å². The molecule has 2 unspecified atom stereocenters. The van der Waals surface area contributed by atoms with E-state index < -0.39 is 0 Å². The molecule has 2 aromatic heterocycles. The average molecular weight is 709 g/mol. The zero-order chi connectivity index (χ0) is 36.3. The molecule has 0 fully saturated rings. The lowest BCUT2D eigenvalue weighted by molar-refractivity contribution is 0.507. The first-order valence-electron chi connectivity index (χ1n) is 19.6. The van der Waals surface area contributed by atoms with E-state index in [0.717, 1.165) is 53.3 Å². The van der Waals surface area contributed by atoms with E-state index >= 15 is 0 Å². The van der Waals surface area contributed by atoms with Gasteiger partial charge in [0, 0.05) is 54.7 Å². The summed E-state index contributed by atoms with van der Waals surface area (Å²) in [5.41, 5.74) is 10.5. The van der Waals surface area contributed by atoms with Gasteiger partial charge in [-0.1, -0.05) is 127 Å². The van der Waals surface area contributed by atoms with Crippen LogP contribution in [0.3, 0.4) is 0 Å². The van der Waals surface area contributed by atoms with Crippen molar-refractivity contribution in [2.75, 3.05) is 4.90 Å². The number of allylic oxidation sites excluding steroid dienone is 3. The highest BCUT2D eigenvalue weighted by Crippen LogP contribution is 2.39. The Balaban J connectivity index is 0.995. The summed E-state index contributed by atoms with van der Waals surface area (Å²) in [4.78, 5) is 2.53. The second kappa shape index (κ2) is 13.1. The maximum atomic E-state index is 6.42. The molecular formula is C52H40N2O. The van der Waals surface area contributed by atoms with Gasteiger partial charge in [-0.2, -0.15) is 0 Å². The van der Waals surface area contributed by atoms with E-state index in [1.54, 1.807) is 0 Å². The fourth-order valence-corrected chi connectivity index (χ4v) is 9.30. The van der Waals surface area contributed by atoms with Crippen LogP contribution in [0.25, 0.3) is 73.6 Å². The van der Waals surface area contributed by atoms with E-state index in [2.05, 4.69) is 192 Å². The summed E-state index contributed by atoms with van der Waals surface area (Å²) in [6.45, 7) is 0. The Morgan fingerprint density at radius 1 is 0.600 bits per heavy atom. The topological polar surface area (TPSA) is 21.3 Å². The summed E-state index contributed by atoms with van der Waals surface area (Å²) >= 11 is 0. The Labute approximate surface area is 320 Å². The average Bonchev–Trinajstić information content (AvgIpc) is 3.79. The van der Waals surface area contributed by atoms with Crippen LogP contribution in [0, 0.1) is 11.8 Å². The van der Waals surface area contributed by atoms with Gasteiger partial charge in [0.25, 0.3) is 0 Å². The second-order valence-electron chi connectivity index (χ2n) is 15.1. The summed E-state index contributed by atoms with van der Waals surface area (Å²) in [6, 6.07) is 52.4. The summed E-state index contributed by atoms with van der Waals surface area (Å²) < 4.78 is 8.85. The molecule has 0 saturated carbocycles. The normalized spacial score (nSPS) is 17.6. The van der Waals surface area contributed by atoms with E-state index in [-0.39, 0.29) is 0 Å². The number of aromatic nitrogens is 1. The molecule has 11 rings (SSSR count). The highest BCUT2D eigenvalue weighted by Gasteiger charge is 2.26. The summed E-state index contributed by atoms with van der Waals surface area (Å²) in [5, 5.41) is 8.91. The Morgan fingerprint density at radius 3 is 2.20 bits per heavy atom. The van der Waals surface area contributed by atoms with Gasteiger partial charge in [0.15, 0.2) is 0 Å². The van der Waals surface area contributed by atoms with Crippen LogP contribution in [0.4, 0.5) is 5.69 Å². The van der Waals surface area contributed by atoms with Crippen molar-refractivity contribution in [3.05, 3.63) is 191 Å². The molecule has 0 saturated heterocycles. The van der Waals surface area contributed by atoms with Gasteiger partial charge in [-0.3, -0.25) is 0 Å². The van der Waals surface area contributed by atoms with Gasteiger partial charge in [-0.05, 0) is 108 Å². The lowest BCUT2D eigenvalue weighted by atomic mass is 9.82. The van der Waals surface area contributed by atoms with Crippen molar-refractivity contribution in [2.45, 2.75) is 25.7 Å². The first-order chi connectivity index (χ1) is 27.3. The lowest BCUT2D eigenvalue weighted by Gasteiger charge is -2.33. The number of furan rings is 1. The summed E-state index contributed by atoms with van der Waals surface area (Å²) in [7, 11) is 0. The molecule has 0 spiro atoms. The molecule has 3 aliphatic rings. The van der Waals surface area contributed by atoms with Crippen molar-refractivity contribution in [1.29, 1.82) is 0 Å². The van der Waals surface area contributed by atoms with E-state index in [4.69, 9.17) is 4.42 Å². The molecule has 0 N–H and O–H groups in total. The molecule has 8 aromatic rings. The Bertz CT molecular complexity index is 3110. The number of hydrogen-bond donors (Lipinski definition) is 0. The van der Waals surface area contributed by atoms with Crippen LogP contribution < -0.4 is 25.9 Å². The molecule has 0 bridgehead atoms. The third-order valence-corrected chi connectivity index (χ3v) is 12.0. The van der Waals surface area contributed by atoms with Crippen molar-refractivity contribution in [3.63, 3.8) is 0 Å². The maximum Gasteiger partial charge on any atom is 0.135 e. The molecular weight excluding hydrogens is 669 g/mol. The predicted molar refractivity (Wildman–Crippen MR) is 229 cm³/mol. The van der Waals surface area contributed by atoms with Crippen molar-refractivity contribution in [3.8, 4) is 16.8 Å². The van der Waals surface area contributed by atoms with E-state index in [1.165, 1.54) is 60.1 Å². The summed E-state index contributed by atoms with van der Waals surface area (Å²) in [6.07, 6.45) is 18.8. The Morgan fingerprint density at radius 2 is 1.35 bits per heavy atom. The largest absolute Gasteiger partial charge is 0.456 e. The van der Waals surface area contributed by atoms with Crippen LogP contribution in [0.15, 0.2) is 174 Å². The van der Waals surface area contributed by atoms with Gasteiger partial charge < -0.3 is 13.9 Å². The molecule has 0 radical (unpaired) electrons. The number of hydrogen-bond acceptors (Lipinski definition) is 2. The highest BCUT2D eigenvalue weighted by atomic mass is 16.3. The molecule has 2 heterocycles. The Hall–Kier alpha value is -6.58. The van der Waals surface area contributed by atoms with E-state index in [9.17, 15) is 0 Å². The minimum atomic E-state index is 0.419. The smallest absolute Gasteiger partial charge is 0.135 e. The quantitative estimate of drug-likeness (QED) is 0.172. The van der Waals surface area contributed by atoms with Crippen molar-refractivity contribution >= 4 is 62.5 Å². The van der Waals surface area contributed by atoms with Crippen LogP contribution in [-0.4, -0.2) is 4.57 Å².